The van der Waals surface area contributed by atoms with Gasteiger partial charge in [-0.3, -0.25) is 9.89 Å². The van der Waals surface area contributed by atoms with E-state index in [4.69, 9.17) is 4.74 Å². The normalized spacial score (nSPS) is 17.3. The van der Waals surface area contributed by atoms with Crippen molar-refractivity contribution in [1.29, 1.82) is 0 Å². The molecule has 3 aromatic rings. The Balaban J connectivity index is 1.80. The molecule has 2 atom stereocenters. The van der Waals surface area contributed by atoms with Gasteiger partial charge in [0.05, 0.1) is 18.5 Å². The average molecular weight is 447 g/mol. The number of amides is 1. The summed E-state index contributed by atoms with van der Waals surface area (Å²) in [6.45, 7) is 9.01. The number of nitrogens with zero attached hydrogens (tertiary/aromatic N) is 2. The Bertz CT molecular complexity index is 1090. The van der Waals surface area contributed by atoms with Gasteiger partial charge in [-0.1, -0.05) is 20.3 Å². The van der Waals surface area contributed by atoms with E-state index in [1.807, 2.05) is 36.4 Å². The Morgan fingerprint density at radius 3 is 2.52 bits per heavy atom. The van der Waals surface area contributed by atoms with E-state index in [-0.39, 0.29) is 5.91 Å². The SMILES string of the molecule is CCCC1C(CC)c2cc(C(=O)Nc3ccc(OC)cc3)cc(-c3ccn[nH]3)c2N1C(C)C. The molecule has 33 heavy (non-hydrogen) atoms. The molecule has 0 radical (unpaired) electrons. The van der Waals surface area contributed by atoms with Crippen LogP contribution in [-0.4, -0.2) is 35.3 Å². The molecule has 1 aromatic heterocycles. The van der Waals surface area contributed by atoms with Crippen molar-refractivity contribution in [2.45, 2.75) is 65.0 Å². The zero-order valence-corrected chi connectivity index (χ0v) is 20.2. The minimum Gasteiger partial charge on any atom is -0.497 e. The number of aromatic nitrogens is 2. The predicted molar refractivity (Wildman–Crippen MR) is 134 cm³/mol. The fourth-order valence-corrected chi connectivity index (χ4v) is 5.18. The molecule has 2 heterocycles. The summed E-state index contributed by atoms with van der Waals surface area (Å²) in [5, 5.41) is 10.4. The molecule has 6 nitrogen and oxygen atoms in total. The lowest BCUT2D eigenvalue weighted by atomic mass is 9.88. The fraction of sp³-hybridized carbons (Fsp3) is 0.407. The number of rotatable bonds is 8. The average Bonchev–Trinajstić information content (AvgIpc) is 3.45. The van der Waals surface area contributed by atoms with Gasteiger partial charge >= 0.3 is 0 Å². The Kier molecular flexibility index (Phi) is 6.72. The van der Waals surface area contributed by atoms with Crippen molar-refractivity contribution in [2.24, 2.45) is 0 Å². The predicted octanol–water partition coefficient (Wildman–Crippen LogP) is 6.23. The molecule has 6 heteroatoms. The lowest BCUT2D eigenvalue weighted by Crippen LogP contribution is -2.39. The quantitative estimate of drug-likeness (QED) is 0.430. The van der Waals surface area contributed by atoms with Gasteiger partial charge in [-0.25, -0.2) is 0 Å². The van der Waals surface area contributed by atoms with Crippen LogP contribution in [0.3, 0.4) is 0 Å². The maximum atomic E-state index is 13.3. The molecule has 1 aliphatic heterocycles. The van der Waals surface area contributed by atoms with E-state index in [0.29, 0.717) is 23.6 Å². The number of benzene rings is 2. The van der Waals surface area contributed by atoms with Crippen LogP contribution in [0.15, 0.2) is 48.7 Å². The van der Waals surface area contributed by atoms with E-state index in [1.54, 1.807) is 13.3 Å². The summed E-state index contributed by atoms with van der Waals surface area (Å²) in [6.07, 6.45) is 5.05. The largest absolute Gasteiger partial charge is 0.497 e. The third-order valence-corrected chi connectivity index (χ3v) is 6.60. The van der Waals surface area contributed by atoms with Crippen LogP contribution in [0.1, 0.15) is 68.8 Å². The van der Waals surface area contributed by atoms with Crippen molar-refractivity contribution < 1.29 is 9.53 Å². The Labute approximate surface area is 196 Å². The van der Waals surface area contributed by atoms with Crippen molar-refractivity contribution >= 4 is 17.3 Å². The second kappa shape index (κ2) is 9.69. The maximum absolute atomic E-state index is 13.3. The van der Waals surface area contributed by atoms with Crippen LogP contribution in [0.5, 0.6) is 5.75 Å². The number of hydrogen-bond acceptors (Lipinski definition) is 4. The molecule has 174 valence electrons. The molecule has 0 fully saturated rings. The second-order valence-corrected chi connectivity index (χ2v) is 8.99. The van der Waals surface area contributed by atoms with Crippen molar-refractivity contribution in [2.75, 3.05) is 17.3 Å². The molecular formula is C27H34N4O2. The zero-order valence-electron chi connectivity index (χ0n) is 20.2. The third-order valence-electron chi connectivity index (χ3n) is 6.60. The molecular weight excluding hydrogens is 412 g/mol. The van der Waals surface area contributed by atoms with Crippen LogP contribution < -0.4 is 15.0 Å². The number of ether oxygens (including phenoxy) is 1. The van der Waals surface area contributed by atoms with E-state index in [1.165, 1.54) is 11.3 Å². The zero-order chi connectivity index (χ0) is 23.5. The number of hydrogen-bond donors (Lipinski definition) is 2. The standard InChI is InChI=1S/C27H34N4O2/c1-6-8-25-21(7-2)22-15-18(27(32)29-19-9-11-20(33-5)12-10-19)16-23(24-13-14-28-30-24)26(22)31(25)17(3)4/h9-17,21,25H,6-8H2,1-5H3,(H,28,30)(H,29,32). The second-order valence-electron chi connectivity index (χ2n) is 8.99. The van der Waals surface area contributed by atoms with Crippen LogP contribution >= 0.6 is 0 Å². The highest BCUT2D eigenvalue weighted by molar-refractivity contribution is 6.06. The summed E-state index contributed by atoms with van der Waals surface area (Å²) >= 11 is 0. The smallest absolute Gasteiger partial charge is 0.255 e. The van der Waals surface area contributed by atoms with Crippen LogP contribution in [0.25, 0.3) is 11.3 Å². The number of nitrogens with one attached hydrogen (secondary N) is 2. The molecule has 0 bridgehead atoms. The van der Waals surface area contributed by atoms with E-state index in [9.17, 15) is 4.79 Å². The summed E-state index contributed by atoms with van der Waals surface area (Å²) in [4.78, 5) is 15.9. The highest BCUT2D eigenvalue weighted by Gasteiger charge is 2.40. The lowest BCUT2D eigenvalue weighted by Gasteiger charge is -2.34. The molecule has 0 saturated carbocycles. The van der Waals surface area contributed by atoms with E-state index < -0.39 is 0 Å². The van der Waals surface area contributed by atoms with E-state index in [0.717, 1.165) is 42.0 Å². The minimum absolute atomic E-state index is 0.117. The van der Waals surface area contributed by atoms with Gasteiger partial charge in [0.1, 0.15) is 5.75 Å². The third kappa shape index (κ3) is 4.34. The number of H-pyrrole nitrogens is 1. The van der Waals surface area contributed by atoms with E-state index >= 15 is 0 Å². The minimum atomic E-state index is -0.117. The van der Waals surface area contributed by atoms with Gasteiger partial charge in [-0.05, 0) is 74.7 Å². The Morgan fingerprint density at radius 2 is 1.94 bits per heavy atom. The van der Waals surface area contributed by atoms with Crippen LogP contribution in [0, 0.1) is 0 Å². The molecule has 0 saturated heterocycles. The summed E-state index contributed by atoms with van der Waals surface area (Å²) < 4.78 is 5.22. The molecule has 0 aliphatic carbocycles. The van der Waals surface area contributed by atoms with Crippen LogP contribution in [0.4, 0.5) is 11.4 Å². The first kappa shape index (κ1) is 22.9. The molecule has 1 aliphatic rings. The van der Waals surface area contributed by atoms with E-state index in [2.05, 4.69) is 54.2 Å². The van der Waals surface area contributed by atoms with Gasteiger partial charge < -0.3 is 15.0 Å². The van der Waals surface area contributed by atoms with Gasteiger partial charge in [-0.2, -0.15) is 5.10 Å². The number of fused-ring (bicyclic) bond motifs is 1. The number of methoxy groups -OCH3 is 1. The molecule has 2 unspecified atom stereocenters. The topological polar surface area (TPSA) is 70.2 Å². The summed E-state index contributed by atoms with van der Waals surface area (Å²) in [7, 11) is 1.63. The first-order chi connectivity index (χ1) is 16.0. The molecule has 1 amide bonds. The van der Waals surface area contributed by atoms with Crippen molar-refractivity contribution in [1.82, 2.24) is 10.2 Å². The molecule has 2 N–H and O–H groups in total. The summed E-state index contributed by atoms with van der Waals surface area (Å²) in [6, 6.07) is 14.3. The van der Waals surface area contributed by atoms with Crippen molar-refractivity contribution in [3.05, 3.63) is 59.8 Å². The summed E-state index contributed by atoms with van der Waals surface area (Å²) in [5.74, 6) is 1.03. The van der Waals surface area contributed by atoms with Gasteiger partial charge in [0.2, 0.25) is 0 Å². The first-order valence-corrected chi connectivity index (χ1v) is 11.9. The van der Waals surface area contributed by atoms with Gasteiger partial charge in [-0.15, -0.1) is 0 Å². The van der Waals surface area contributed by atoms with Gasteiger partial charge in [0, 0.05) is 41.0 Å². The van der Waals surface area contributed by atoms with Crippen molar-refractivity contribution in [3.8, 4) is 17.0 Å². The molecule has 4 rings (SSSR count). The monoisotopic (exact) mass is 446 g/mol. The Hall–Kier alpha value is -3.28. The van der Waals surface area contributed by atoms with Crippen LogP contribution in [0.2, 0.25) is 0 Å². The lowest BCUT2D eigenvalue weighted by molar-refractivity contribution is 0.102. The molecule has 2 aromatic carbocycles. The number of carbonyl (C=O) groups is 1. The number of aromatic amines is 1. The number of carbonyl (C=O) groups excluding carboxylic acids is 1. The van der Waals surface area contributed by atoms with Gasteiger partial charge in [0.15, 0.2) is 0 Å². The highest BCUT2D eigenvalue weighted by atomic mass is 16.5. The fourth-order valence-electron chi connectivity index (χ4n) is 5.18. The van der Waals surface area contributed by atoms with Gasteiger partial charge in [0.25, 0.3) is 5.91 Å². The van der Waals surface area contributed by atoms with Crippen LogP contribution in [-0.2, 0) is 0 Å². The maximum Gasteiger partial charge on any atom is 0.255 e. The summed E-state index contributed by atoms with van der Waals surface area (Å²) in [5.41, 5.74) is 5.87. The first-order valence-electron chi connectivity index (χ1n) is 11.9. The molecule has 0 spiro atoms. The number of anilines is 2. The van der Waals surface area contributed by atoms with Crippen molar-refractivity contribution in [3.63, 3.8) is 0 Å². The Morgan fingerprint density at radius 1 is 1.18 bits per heavy atom. The highest BCUT2D eigenvalue weighted by Crippen LogP contribution is 2.50.